The van der Waals surface area contributed by atoms with Crippen molar-refractivity contribution >= 4 is 11.6 Å². The summed E-state index contributed by atoms with van der Waals surface area (Å²) in [7, 11) is 0. The molecule has 1 heterocycles. The van der Waals surface area contributed by atoms with Gasteiger partial charge in [0.05, 0.1) is 5.69 Å². The van der Waals surface area contributed by atoms with Crippen LogP contribution in [0.4, 0.5) is 10.1 Å². The second-order valence-electron chi connectivity index (χ2n) is 3.35. The number of nitrogens with one attached hydrogen (secondary N) is 1. The summed E-state index contributed by atoms with van der Waals surface area (Å²) in [6.45, 7) is 0. The Hall–Kier alpha value is -2.43. The van der Waals surface area contributed by atoms with Crippen molar-refractivity contribution in [1.29, 1.82) is 0 Å². The summed E-state index contributed by atoms with van der Waals surface area (Å²) in [5, 5.41) is 13.6. The van der Waals surface area contributed by atoms with Crippen LogP contribution >= 0.6 is 0 Å². The number of halogens is 1. The fourth-order valence-corrected chi connectivity index (χ4v) is 1.35. The molecule has 0 unspecified atom stereocenters. The largest absolute Gasteiger partial charge is 0.618 e. The summed E-state index contributed by atoms with van der Waals surface area (Å²) in [4.78, 5) is 11.7. The van der Waals surface area contributed by atoms with Gasteiger partial charge in [0.2, 0.25) is 0 Å². The number of carbonyl (C=O) groups excluding carboxylic acids is 1. The summed E-state index contributed by atoms with van der Waals surface area (Å²) >= 11 is 0. The van der Waals surface area contributed by atoms with E-state index in [9.17, 15) is 14.4 Å². The average Bonchev–Trinajstić information content (AvgIpc) is 2.32. The predicted octanol–water partition coefficient (Wildman–Crippen LogP) is 1.71. The quantitative estimate of drug-likeness (QED) is 0.633. The van der Waals surface area contributed by atoms with Crippen molar-refractivity contribution in [1.82, 2.24) is 0 Å². The summed E-state index contributed by atoms with van der Waals surface area (Å²) in [5.74, 6) is -1.19. The number of carbonyl (C=O) groups is 1. The summed E-state index contributed by atoms with van der Waals surface area (Å²) in [6, 6.07) is 10.2. The number of hydrogen-bond acceptors (Lipinski definition) is 2. The van der Waals surface area contributed by atoms with Crippen molar-refractivity contribution in [3.8, 4) is 0 Å². The molecule has 2 rings (SSSR count). The van der Waals surface area contributed by atoms with Gasteiger partial charge in [-0.05, 0) is 18.2 Å². The molecule has 1 N–H and O–H groups in total. The van der Waals surface area contributed by atoms with Gasteiger partial charge in [0.1, 0.15) is 5.82 Å². The van der Waals surface area contributed by atoms with Crippen molar-refractivity contribution < 1.29 is 13.9 Å². The third kappa shape index (κ3) is 2.39. The van der Waals surface area contributed by atoms with Crippen molar-refractivity contribution in [2.24, 2.45) is 0 Å². The predicted molar refractivity (Wildman–Crippen MR) is 59.8 cm³/mol. The van der Waals surface area contributed by atoms with Gasteiger partial charge >= 0.3 is 5.91 Å². The zero-order chi connectivity index (χ0) is 12.3. The van der Waals surface area contributed by atoms with Crippen LogP contribution < -0.4 is 10.0 Å². The SMILES string of the molecule is O=C(Nc1ccccc1F)c1cccc[n+]1[O-]. The molecular formula is C12H9FN2O2. The molecule has 0 spiro atoms. The van der Waals surface area contributed by atoms with Crippen molar-refractivity contribution in [2.75, 3.05) is 5.32 Å². The number of anilines is 1. The lowest BCUT2D eigenvalue weighted by Crippen LogP contribution is -2.36. The van der Waals surface area contributed by atoms with E-state index in [0.29, 0.717) is 4.73 Å². The molecule has 0 radical (unpaired) electrons. The average molecular weight is 232 g/mol. The Bertz CT molecular complexity index is 558. The molecule has 0 aliphatic rings. The van der Waals surface area contributed by atoms with Gasteiger partial charge in [0.15, 0.2) is 6.20 Å². The van der Waals surface area contributed by atoms with Crippen LogP contribution in [0, 0.1) is 11.0 Å². The Labute approximate surface area is 96.9 Å². The maximum absolute atomic E-state index is 13.3. The lowest BCUT2D eigenvalue weighted by molar-refractivity contribution is -0.607. The molecule has 0 saturated carbocycles. The minimum Gasteiger partial charge on any atom is -0.618 e. The molecule has 86 valence electrons. The fourth-order valence-electron chi connectivity index (χ4n) is 1.35. The van der Waals surface area contributed by atoms with Gasteiger partial charge in [-0.25, -0.2) is 4.39 Å². The topological polar surface area (TPSA) is 56.0 Å². The van der Waals surface area contributed by atoms with Crippen LogP contribution in [0.1, 0.15) is 10.5 Å². The highest BCUT2D eigenvalue weighted by atomic mass is 19.1. The molecule has 0 bridgehead atoms. The first kappa shape index (κ1) is 11.1. The van der Waals surface area contributed by atoms with E-state index in [1.54, 1.807) is 12.1 Å². The molecule has 17 heavy (non-hydrogen) atoms. The van der Waals surface area contributed by atoms with Crippen LogP contribution in [0.2, 0.25) is 0 Å². The van der Waals surface area contributed by atoms with E-state index in [2.05, 4.69) is 5.32 Å². The molecule has 1 amide bonds. The third-order valence-electron chi connectivity index (χ3n) is 2.18. The minimum atomic E-state index is -0.647. The molecule has 0 aliphatic carbocycles. The molecule has 0 fully saturated rings. The Balaban J connectivity index is 2.24. The van der Waals surface area contributed by atoms with E-state index in [0.717, 1.165) is 0 Å². The Morgan fingerprint density at radius 1 is 1.18 bits per heavy atom. The molecule has 2 aromatic rings. The molecule has 1 aromatic carbocycles. The standard InChI is InChI=1S/C12H9FN2O2/c13-9-5-1-2-6-10(9)14-12(16)11-7-3-4-8-15(11)17/h1-8H,(H,14,16). The van der Waals surface area contributed by atoms with E-state index in [1.165, 1.54) is 36.5 Å². The number of nitrogens with zero attached hydrogens (tertiary/aromatic N) is 1. The lowest BCUT2D eigenvalue weighted by Gasteiger charge is -2.06. The summed E-state index contributed by atoms with van der Waals surface area (Å²) in [6.07, 6.45) is 1.20. The molecule has 1 aromatic heterocycles. The van der Waals surface area contributed by atoms with Gasteiger partial charge < -0.3 is 10.5 Å². The summed E-state index contributed by atoms with van der Waals surface area (Å²) < 4.78 is 13.7. The Morgan fingerprint density at radius 2 is 1.88 bits per heavy atom. The van der Waals surface area contributed by atoms with E-state index < -0.39 is 11.7 Å². The first-order valence-corrected chi connectivity index (χ1v) is 4.92. The first-order chi connectivity index (χ1) is 8.18. The smallest absolute Gasteiger partial charge is 0.321 e. The number of benzene rings is 1. The normalized spacial score (nSPS) is 9.94. The highest BCUT2D eigenvalue weighted by Crippen LogP contribution is 2.12. The van der Waals surface area contributed by atoms with Gasteiger partial charge in [0, 0.05) is 12.1 Å². The molecule has 4 nitrogen and oxygen atoms in total. The summed E-state index contributed by atoms with van der Waals surface area (Å²) in [5.41, 5.74) is -0.0443. The van der Waals surface area contributed by atoms with Crippen LogP contribution in [0.25, 0.3) is 0 Å². The highest BCUT2D eigenvalue weighted by Gasteiger charge is 2.16. The monoisotopic (exact) mass is 232 g/mol. The third-order valence-corrected chi connectivity index (χ3v) is 2.18. The van der Waals surface area contributed by atoms with Gasteiger partial charge in [-0.3, -0.25) is 4.79 Å². The van der Waals surface area contributed by atoms with Crippen LogP contribution in [0.5, 0.6) is 0 Å². The number of para-hydroxylation sites is 1. The maximum Gasteiger partial charge on any atom is 0.321 e. The van der Waals surface area contributed by atoms with Crippen LogP contribution in [0.3, 0.4) is 0 Å². The van der Waals surface area contributed by atoms with Gasteiger partial charge in [-0.15, -0.1) is 0 Å². The van der Waals surface area contributed by atoms with Gasteiger partial charge in [0.25, 0.3) is 5.69 Å². The van der Waals surface area contributed by atoms with Gasteiger partial charge in [-0.1, -0.05) is 12.1 Å². The first-order valence-electron chi connectivity index (χ1n) is 4.92. The van der Waals surface area contributed by atoms with E-state index in [4.69, 9.17) is 0 Å². The lowest BCUT2D eigenvalue weighted by atomic mass is 10.3. The van der Waals surface area contributed by atoms with Crippen molar-refractivity contribution in [3.63, 3.8) is 0 Å². The van der Waals surface area contributed by atoms with E-state index in [-0.39, 0.29) is 11.4 Å². The molecule has 0 aliphatic heterocycles. The second kappa shape index (κ2) is 4.61. The van der Waals surface area contributed by atoms with Crippen LogP contribution in [0.15, 0.2) is 48.7 Å². The molecule has 5 heteroatoms. The number of rotatable bonds is 2. The van der Waals surface area contributed by atoms with Crippen LogP contribution in [-0.4, -0.2) is 5.91 Å². The molecule has 0 atom stereocenters. The Kier molecular flexibility index (Phi) is 3.00. The zero-order valence-corrected chi connectivity index (χ0v) is 8.76. The fraction of sp³-hybridized carbons (Fsp3) is 0. The number of aromatic nitrogens is 1. The van der Waals surface area contributed by atoms with Gasteiger partial charge in [-0.2, -0.15) is 4.73 Å². The van der Waals surface area contributed by atoms with Crippen molar-refractivity contribution in [3.05, 3.63) is 65.4 Å². The number of pyridine rings is 1. The molecule has 0 saturated heterocycles. The number of hydrogen-bond donors (Lipinski definition) is 1. The second-order valence-corrected chi connectivity index (χ2v) is 3.35. The maximum atomic E-state index is 13.3. The highest BCUT2D eigenvalue weighted by molar-refractivity contribution is 6.01. The minimum absolute atomic E-state index is 0.0429. The molecular weight excluding hydrogens is 223 g/mol. The van der Waals surface area contributed by atoms with Crippen LogP contribution in [-0.2, 0) is 0 Å². The van der Waals surface area contributed by atoms with Crippen molar-refractivity contribution in [2.45, 2.75) is 0 Å². The van der Waals surface area contributed by atoms with E-state index in [1.807, 2.05) is 0 Å². The zero-order valence-electron chi connectivity index (χ0n) is 8.76. The Morgan fingerprint density at radius 3 is 2.59 bits per heavy atom. The number of amides is 1. The van der Waals surface area contributed by atoms with E-state index >= 15 is 0 Å².